The number of ether oxygens (including phenoxy) is 1. The van der Waals surface area contributed by atoms with Crippen LogP contribution in [0.2, 0.25) is 0 Å². The van der Waals surface area contributed by atoms with Gasteiger partial charge in [0.05, 0.1) is 18.1 Å². The predicted molar refractivity (Wildman–Crippen MR) is 71.2 cm³/mol. The SMILES string of the molecule is COc1ccc2[nH]c(=O)n(C3CCCCC3)c2c1. The predicted octanol–water partition coefficient (Wildman–Crippen LogP) is 2.84. The van der Waals surface area contributed by atoms with E-state index in [1.807, 2.05) is 22.8 Å². The van der Waals surface area contributed by atoms with Gasteiger partial charge in [0, 0.05) is 12.1 Å². The number of methoxy groups -OCH3 is 1. The lowest BCUT2D eigenvalue weighted by Crippen LogP contribution is -2.23. The van der Waals surface area contributed by atoms with Gasteiger partial charge in [-0.1, -0.05) is 19.3 Å². The van der Waals surface area contributed by atoms with Crippen LogP contribution >= 0.6 is 0 Å². The highest BCUT2D eigenvalue weighted by Crippen LogP contribution is 2.30. The number of nitrogens with one attached hydrogen (secondary N) is 1. The van der Waals surface area contributed by atoms with Crippen molar-refractivity contribution in [2.24, 2.45) is 0 Å². The second-order valence-electron chi connectivity index (χ2n) is 4.98. The van der Waals surface area contributed by atoms with E-state index >= 15 is 0 Å². The van der Waals surface area contributed by atoms with Gasteiger partial charge in [0.25, 0.3) is 0 Å². The minimum absolute atomic E-state index is 0.00477. The summed E-state index contributed by atoms with van der Waals surface area (Å²) in [5.74, 6) is 0.797. The minimum Gasteiger partial charge on any atom is -0.497 e. The fourth-order valence-electron chi connectivity index (χ4n) is 2.93. The lowest BCUT2D eigenvalue weighted by molar-refractivity contribution is 0.353. The molecular formula is C14H18N2O2. The quantitative estimate of drug-likeness (QED) is 0.885. The zero-order chi connectivity index (χ0) is 12.5. The van der Waals surface area contributed by atoms with E-state index in [2.05, 4.69) is 4.98 Å². The fraction of sp³-hybridized carbons (Fsp3) is 0.500. The molecular weight excluding hydrogens is 228 g/mol. The molecule has 0 radical (unpaired) electrons. The lowest BCUT2D eigenvalue weighted by atomic mass is 9.95. The number of benzene rings is 1. The maximum absolute atomic E-state index is 12.1. The van der Waals surface area contributed by atoms with Crippen LogP contribution in [-0.2, 0) is 0 Å². The average molecular weight is 246 g/mol. The Hall–Kier alpha value is -1.71. The number of imidazole rings is 1. The van der Waals surface area contributed by atoms with Gasteiger partial charge in [-0.2, -0.15) is 0 Å². The first-order valence-corrected chi connectivity index (χ1v) is 6.58. The number of rotatable bonds is 2. The first-order valence-electron chi connectivity index (χ1n) is 6.58. The number of aromatic amines is 1. The van der Waals surface area contributed by atoms with E-state index in [9.17, 15) is 4.79 Å². The number of aromatic nitrogens is 2. The Labute approximate surface area is 106 Å². The van der Waals surface area contributed by atoms with Crippen molar-refractivity contribution < 1.29 is 4.74 Å². The third kappa shape index (κ3) is 1.82. The average Bonchev–Trinajstić information content (AvgIpc) is 2.74. The third-order valence-electron chi connectivity index (χ3n) is 3.86. The summed E-state index contributed by atoms with van der Waals surface area (Å²) in [6.07, 6.45) is 5.92. The van der Waals surface area contributed by atoms with E-state index < -0.39 is 0 Å². The summed E-state index contributed by atoms with van der Waals surface area (Å²) in [5, 5.41) is 0. The van der Waals surface area contributed by atoms with Crippen molar-refractivity contribution in [2.75, 3.05) is 7.11 Å². The third-order valence-corrected chi connectivity index (χ3v) is 3.86. The standard InChI is InChI=1S/C14H18N2O2/c1-18-11-7-8-12-13(9-11)16(14(17)15-12)10-5-3-2-4-6-10/h7-10H,2-6H2,1H3,(H,15,17). The molecule has 2 aromatic rings. The van der Waals surface area contributed by atoms with Gasteiger partial charge < -0.3 is 9.72 Å². The Morgan fingerprint density at radius 1 is 1.28 bits per heavy atom. The van der Waals surface area contributed by atoms with Crippen LogP contribution in [0, 0.1) is 0 Å². The van der Waals surface area contributed by atoms with Crippen molar-refractivity contribution in [3.8, 4) is 5.75 Å². The van der Waals surface area contributed by atoms with Crippen LogP contribution < -0.4 is 10.4 Å². The van der Waals surface area contributed by atoms with Crippen LogP contribution in [0.5, 0.6) is 5.75 Å². The molecule has 18 heavy (non-hydrogen) atoms. The van der Waals surface area contributed by atoms with Gasteiger partial charge >= 0.3 is 5.69 Å². The molecule has 1 aromatic carbocycles. The zero-order valence-corrected chi connectivity index (χ0v) is 10.6. The van der Waals surface area contributed by atoms with Crippen LogP contribution in [0.3, 0.4) is 0 Å². The summed E-state index contributed by atoms with van der Waals surface area (Å²) < 4.78 is 7.16. The molecule has 1 N–H and O–H groups in total. The second kappa shape index (κ2) is 4.52. The Morgan fingerprint density at radius 3 is 2.78 bits per heavy atom. The Kier molecular flexibility index (Phi) is 2.86. The van der Waals surface area contributed by atoms with Crippen LogP contribution in [0.4, 0.5) is 0 Å². The van der Waals surface area contributed by atoms with Crippen LogP contribution in [0.25, 0.3) is 11.0 Å². The zero-order valence-electron chi connectivity index (χ0n) is 10.6. The maximum Gasteiger partial charge on any atom is 0.326 e. The van der Waals surface area contributed by atoms with Crippen molar-refractivity contribution in [3.05, 3.63) is 28.7 Å². The van der Waals surface area contributed by atoms with Gasteiger partial charge in [0.15, 0.2) is 0 Å². The molecule has 3 rings (SSSR count). The topological polar surface area (TPSA) is 47.0 Å². The Bertz CT molecular complexity index is 606. The van der Waals surface area contributed by atoms with Gasteiger partial charge in [-0.25, -0.2) is 4.79 Å². The molecule has 0 aliphatic heterocycles. The van der Waals surface area contributed by atoms with Gasteiger partial charge in [0.1, 0.15) is 5.75 Å². The molecule has 1 aromatic heterocycles. The molecule has 4 heteroatoms. The lowest BCUT2D eigenvalue weighted by Gasteiger charge is -2.22. The summed E-state index contributed by atoms with van der Waals surface area (Å²) in [5.41, 5.74) is 1.86. The van der Waals surface area contributed by atoms with Crippen LogP contribution in [0.1, 0.15) is 38.1 Å². The Morgan fingerprint density at radius 2 is 2.06 bits per heavy atom. The maximum atomic E-state index is 12.1. The highest BCUT2D eigenvalue weighted by atomic mass is 16.5. The molecule has 1 heterocycles. The van der Waals surface area contributed by atoms with Gasteiger partial charge in [-0.05, 0) is 25.0 Å². The Balaban J connectivity index is 2.13. The molecule has 0 bridgehead atoms. The van der Waals surface area contributed by atoms with E-state index in [4.69, 9.17) is 4.74 Å². The van der Waals surface area contributed by atoms with Crippen molar-refractivity contribution in [1.29, 1.82) is 0 Å². The summed E-state index contributed by atoms with van der Waals surface area (Å²) in [4.78, 5) is 15.0. The van der Waals surface area contributed by atoms with Gasteiger partial charge in [-0.3, -0.25) is 4.57 Å². The summed E-state index contributed by atoms with van der Waals surface area (Å²) in [7, 11) is 1.65. The molecule has 0 saturated heterocycles. The summed E-state index contributed by atoms with van der Waals surface area (Å²) in [6.45, 7) is 0. The van der Waals surface area contributed by atoms with Gasteiger partial charge in [-0.15, -0.1) is 0 Å². The molecule has 96 valence electrons. The van der Waals surface area contributed by atoms with Crippen LogP contribution in [0.15, 0.2) is 23.0 Å². The van der Waals surface area contributed by atoms with E-state index in [0.717, 1.165) is 29.6 Å². The van der Waals surface area contributed by atoms with E-state index in [0.29, 0.717) is 6.04 Å². The summed E-state index contributed by atoms with van der Waals surface area (Å²) >= 11 is 0. The largest absolute Gasteiger partial charge is 0.497 e. The van der Waals surface area contributed by atoms with Gasteiger partial charge in [0.2, 0.25) is 0 Å². The normalized spacial score (nSPS) is 17.2. The van der Waals surface area contributed by atoms with Crippen molar-refractivity contribution in [3.63, 3.8) is 0 Å². The smallest absolute Gasteiger partial charge is 0.326 e. The minimum atomic E-state index is 0.00477. The monoisotopic (exact) mass is 246 g/mol. The molecule has 0 amide bonds. The molecule has 0 atom stereocenters. The van der Waals surface area contributed by atoms with Crippen molar-refractivity contribution in [2.45, 2.75) is 38.1 Å². The molecule has 0 unspecified atom stereocenters. The molecule has 1 fully saturated rings. The molecule has 4 nitrogen and oxygen atoms in total. The fourth-order valence-corrected chi connectivity index (χ4v) is 2.93. The van der Waals surface area contributed by atoms with Crippen LogP contribution in [-0.4, -0.2) is 16.7 Å². The number of nitrogens with zero attached hydrogens (tertiary/aromatic N) is 1. The number of H-pyrrole nitrogens is 1. The number of hydrogen-bond acceptors (Lipinski definition) is 2. The van der Waals surface area contributed by atoms with Crippen molar-refractivity contribution in [1.82, 2.24) is 9.55 Å². The highest BCUT2D eigenvalue weighted by Gasteiger charge is 2.19. The number of fused-ring (bicyclic) bond motifs is 1. The van der Waals surface area contributed by atoms with E-state index in [1.165, 1.54) is 19.3 Å². The highest BCUT2D eigenvalue weighted by molar-refractivity contribution is 5.77. The molecule has 1 aliphatic rings. The van der Waals surface area contributed by atoms with E-state index in [-0.39, 0.29) is 5.69 Å². The molecule has 1 saturated carbocycles. The molecule has 1 aliphatic carbocycles. The van der Waals surface area contributed by atoms with Crippen molar-refractivity contribution >= 4 is 11.0 Å². The van der Waals surface area contributed by atoms with E-state index in [1.54, 1.807) is 7.11 Å². The summed E-state index contributed by atoms with van der Waals surface area (Å²) in [6, 6.07) is 6.08. The first kappa shape index (κ1) is 11.4. The molecule has 0 spiro atoms. The number of hydrogen-bond donors (Lipinski definition) is 1. The first-order chi connectivity index (χ1) is 8.79. The second-order valence-corrected chi connectivity index (χ2v) is 4.98.